The fraction of sp³-hybridized carbons (Fsp3) is 0.762. The number of carbonyl (C=O) groups is 2. The van der Waals surface area contributed by atoms with Crippen LogP contribution in [0, 0.1) is 0 Å². The van der Waals surface area contributed by atoms with Gasteiger partial charge in [-0.25, -0.2) is 9.79 Å². The van der Waals surface area contributed by atoms with Crippen LogP contribution in [0.3, 0.4) is 0 Å². The zero-order valence-electron chi connectivity index (χ0n) is 18.3. The number of aliphatic imine (C=N–C) groups is 1. The minimum atomic E-state index is -0.520. The van der Waals surface area contributed by atoms with Crippen LogP contribution in [0.1, 0.15) is 72.6 Å². The zero-order valence-corrected chi connectivity index (χ0v) is 18.3. The molecular formula is C21H38N4O4. The van der Waals surface area contributed by atoms with Crippen LogP contribution < -0.4 is 16.8 Å². The smallest absolute Gasteiger partial charge is 0.333 e. The molecule has 166 valence electrons. The number of amides is 1. The first kappa shape index (κ1) is 24.9. The molecule has 0 bridgehead atoms. The van der Waals surface area contributed by atoms with Crippen LogP contribution in [0.2, 0.25) is 0 Å². The molecule has 0 unspecified atom stereocenters. The van der Waals surface area contributed by atoms with E-state index in [2.05, 4.69) is 17.2 Å². The largest absolute Gasteiger partial charge is 0.462 e. The van der Waals surface area contributed by atoms with Crippen molar-refractivity contribution in [2.45, 2.75) is 96.9 Å². The molecule has 1 amide bonds. The number of guanidine groups is 1. The van der Waals surface area contributed by atoms with Crippen LogP contribution in [0.5, 0.6) is 0 Å². The number of ether oxygens (including phenoxy) is 2. The molecule has 0 aromatic heterocycles. The molecule has 1 aliphatic carbocycles. The highest BCUT2D eigenvalue weighted by Crippen LogP contribution is 2.27. The van der Waals surface area contributed by atoms with Gasteiger partial charge in [0.25, 0.3) is 0 Å². The second-order valence-electron chi connectivity index (χ2n) is 7.48. The van der Waals surface area contributed by atoms with Crippen LogP contribution in [0.25, 0.3) is 0 Å². The van der Waals surface area contributed by atoms with Crippen LogP contribution in [-0.2, 0) is 19.1 Å². The van der Waals surface area contributed by atoms with Gasteiger partial charge in [0.1, 0.15) is 0 Å². The maximum atomic E-state index is 12.6. The Bertz CT molecular complexity index is 583. The standard InChI is InChI=1S/C21H38N4O4/c1-5-8-9-10-11-28-20(27)15-12-17(25-21(22)23)19(24-14(4)26)18(13-15)29-16(6-2)7-3/h13,16-19H,5-12H2,1-4H3,(H,24,26)(H4,22,23,25)/t17-,18+,19+/m0/s1. The molecule has 5 N–H and O–H groups in total. The molecule has 0 radical (unpaired) electrons. The van der Waals surface area contributed by atoms with E-state index in [4.69, 9.17) is 20.9 Å². The van der Waals surface area contributed by atoms with Crippen molar-refractivity contribution < 1.29 is 19.1 Å². The van der Waals surface area contributed by atoms with E-state index in [9.17, 15) is 9.59 Å². The zero-order chi connectivity index (χ0) is 21.8. The molecule has 0 fully saturated rings. The number of nitrogens with two attached hydrogens (primary N) is 2. The summed E-state index contributed by atoms with van der Waals surface area (Å²) in [6.45, 7) is 8.02. The molecule has 0 aromatic rings. The highest BCUT2D eigenvalue weighted by molar-refractivity contribution is 5.89. The topological polar surface area (TPSA) is 129 Å². The summed E-state index contributed by atoms with van der Waals surface area (Å²) in [4.78, 5) is 28.6. The fourth-order valence-electron chi connectivity index (χ4n) is 3.44. The fourth-order valence-corrected chi connectivity index (χ4v) is 3.44. The third-order valence-electron chi connectivity index (χ3n) is 5.00. The molecule has 0 spiro atoms. The van der Waals surface area contributed by atoms with Gasteiger partial charge in [-0.1, -0.05) is 40.0 Å². The summed E-state index contributed by atoms with van der Waals surface area (Å²) < 4.78 is 11.6. The number of carbonyl (C=O) groups excluding carboxylic acids is 2. The second-order valence-corrected chi connectivity index (χ2v) is 7.48. The summed E-state index contributed by atoms with van der Waals surface area (Å²) in [6.07, 6.45) is 7.26. The van der Waals surface area contributed by atoms with Crippen molar-refractivity contribution in [2.24, 2.45) is 16.5 Å². The number of nitrogens with one attached hydrogen (secondary N) is 1. The average Bonchev–Trinajstić information content (AvgIpc) is 2.66. The molecule has 0 aromatic carbocycles. The summed E-state index contributed by atoms with van der Waals surface area (Å²) in [5, 5.41) is 2.89. The SMILES string of the molecule is CCCCCCOC(=O)C1=C[C@@H](OC(CC)CC)[C@H](NC(C)=O)[C@@H](N=C(N)N)C1. The molecule has 0 heterocycles. The van der Waals surface area contributed by atoms with Crippen LogP contribution in [-0.4, -0.2) is 48.7 Å². The van der Waals surface area contributed by atoms with E-state index < -0.39 is 18.2 Å². The molecule has 0 saturated heterocycles. The average molecular weight is 411 g/mol. The van der Waals surface area contributed by atoms with Gasteiger partial charge < -0.3 is 26.3 Å². The van der Waals surface area contributed by atoms with E-state index in [-0.39, 0.29) is 30.4 Å². The molecular weight excluding hydrogens is 372 g/mol. The van der Waals surface area contributed by atoms with Crippen molar-refractivity contribution in [2.75, 3.05) is 6.61 Å². The normalized spacial score (nSPS) is 21.4. The first-order valence-electron chi connectivity index (χ1n) is 10.7. The Morgan fingerprint density at radius 3 is 2.45 bits per heavy atom. The molecule has 8 heteroatoms. The summed E-state index contributed by atoms with van der Waals surface area (Å²) in [5.74, 6) is -0.683. The van der Waals surface area contributed by atoms with Crippen LogP contribution >= 0.6 is 0 Å². The summed E-state index contributed by atoms with van der Waals surface area (Å²) in [5.41, 5.74) is 11.7. The second kappa shape index (κ2) is 13.2. The lowest BCUT2D eigenvalue weighted by atomic mass is 9.88. The van der Waals surface area contributed by atoms with Crippen molar-refractivity contribution in [3.05, 3.63) is 11.6 Å². The molecule has 29 heavy (non-hydrogen) atoms. The van der Waals surface area contributed by atoms with Gasteiger partial charge >= 0.3 is 5.97 Å². The summed E-state index contributed by atoms with van der Waals surface area (Å²) in [6, 6.07) is -0.966. The van der Waals surface area contributed by atoms with Gasteiger partial charge in [0, 0.05) is 18.9 Å². The Kier molecular flexibility index (Phi) is 11.3. The predicted octanol–water partition coefficient (Wildman–Crippen LogP) is 2.16. The van der Waals surface area contributed by atoms with E-state index in [1.807, 2.05) is 13.8 Å². The quantitative estimate of drug-likeness (QED) is 0.196. The van der Waals surface area contributed by atoms with Crippen molar-refractivity contribution in [1.82, 2.24) is 5.32 Å². The number of hydrogen-bond acceptors (Lipinski definition) is 5. The van der Waals surface area contributed by atoms with Crippen molar-refractivity contribution >= 4 is 17.8 Å². The Balaban J connectivity index is 3.03. The first-order chi connectivity index (χ1) is 13.8. The van der Waals surface area contributed by atoms with Gasteiger partial charge in [-0.05, 0) is 25.3 Å². The first-order valence-corrected chi connectivity index (χ1v) is 10.7. The lowest BCUT2D eigenvalue weighted by Gasteiger charge is -2.36. The maximum Gasteiger partial charge on any atom is 0.333 e. The third-order valence-corrected chi connectivity index (χ3v) is 5.00. The number of unbranched alkanes of at least 4 members (excludes halogenated alkanes) is 3. The molecule has 0 aliphatic heterocycles. The van der Waals surface area contributed by atoms with Gasteiger partial charge in [-0.3, -0.25) is 4.79 Å². The molecule has 8 nitrogen and oxygen atoms in total. The number of rotatable bonds is 12. The highest BCUT2D eigenvalue weighted by Gasteiger charge is 2.38. The van der Waals surface area contributed by atoms with Gasteiger partial charge in [-0.2, -0.15) is 0 Å². The Hall–Kier alpha value is -2.09. The number of nitrogens with zero attached hydrogens (tertiary/aromatic N) is 1. The van der Waals surface area contributed by atoms with Crippen molar-refractivity contribution in [3.8, 4) is 0 Å². The van der Waals surface area contributed by atoms with Gasteiger partial charge in [0.15, 0.2) is 5.96 Å². The van der Waals surface area contributed by atoms with Gasteiger partial charge in [0.05, 0.1) is 30.9 Å². The third kappa shape index (κ3) is 8.85. The highest BCUT2D eigenvalue weighted by atomic mass is 16.5. The summed E-state index contributed by atoms with van der Waals surface area (Å²) >= 11 is 0. The van der Waals surface area contributed by atoms with E-state index in [1.54, 1.807) is 6.08 Å². The van der Waals surface area contributed by atoms with Crippen LogP contribution in [0.15, 0.2) is 16.6 Å². The number of hydrogen-bond donors (Lipinski definition) is 3. The van der Waals surface area contributed by atoms with Gasteiger partial charge in [-0.15, -0.1) is 0 Å². The lowest BCUT2D eigenvalue weighted by molar-refractivity contribution is -0.139. The van der Waals surface area contributed by atoms with Crippen molar-refractivity contribution in [1.29, 1.82) is 0 Å². The minimum Gasteiger partial charge on any atom is -0.462 e. The van der Waals surface area contributed by atoms with Crippen LogP contribution in [0.4, 0.5) is 0 Å². The molecule has 1 rings (SSSR count). The van der Waals surface area contributed by atoms with Crippen molar-refractivity contribution in [3.63, 3.8) is 0 Å². The van der Waals surface area contributed by atoms with E-state index in [0.717, 1.165) is 38.5 Å². The minimum absolute atomic E-state index is 0.00299. The number of esters is 1. The molecule has 3 atom stereocenters. The lowest BCUT2D eigenvalue weighted by Crippen LogP contribution is -2.54. The molecule has 0 saturated carbocycles. The van der Waals surface area contributed by atoms with E-state index >= 15 is 0 Å². The Labute approximate surface area is 174 Å². The monoisotopic (exact) mass is 410 g/mol. The van der Waals surface area contributed by atoms with E-state index in [1.165, 1.54) is 6.92 Å². The predicted molar refractivity (Wildman–Crippen MR) is 114 cm³/mol. The molecule has 1 aliphatic rings. The Morgan fingerprint density at radius 2 is 1.90 bits per heavy atom. The van der Waals surface area contributed by atoms with E-state index in [0.29, 0.717) is 12.2 Å². The summed E-state index contributed by atoms with van der Waals surface area (Å²) in [7, 11) is 0. The Morgan fingerprint density at radius 1 is 1.21 bits per heavy atom. The maximum absolute atomic E-state index is 12.6. The van der Waals surface area contributed by atoms with Gasteiger partial charge in [0.2, 0.25) is 5.91 Å².